The van der Waals surface area contributed by atoms with Crippen LogP contribution in [0.2, 0.25) is 0 Å². The maximum atomic E-state index is 4.23. The van der Waals surface area contributed by atoms with Gasteiger partial charge in [0, 0.05) is 4.91 Å². The summed E-state index contributed by atoms with van der Waals surface area (Å²) < 4.78 is 0. The Morgan fingerprint density at radius 2 is 1.89 bits per heavy atom. The predicted octanol–water partition coefficient (Wildman–Crippen LogP) is 2.43. The first-order chi connectivity index (χ1) is 4.38. The van der Waals surface area contributed by atoms with E-state index in [-0.39, 0.29) is 0 Å². The minimum absolute atomic E-state index is 1.10. The molecule has 9 heavy (non-hydrogen) atoms. The molecule has 1 aliphatic carbocycles. The van der Waals surface area contributed by atoms with Crippen LogP contribution in [-0.2, 0) is 0 Å². The van der Waals surface area contributed by atoms with Gasteiger partial charge >= 0.3 is 0 Å². The molecule has 1 aromatic carbocycles. The van der Waals surface area contributed by atoms with E-state index >= 15 is 0 Å². The Hall–Kier alpha value is -0.690. The molecule has 2 rings (SSSR count). The molecule has 1 aromatic rings. The first kappa shape index (κ1) is 5.12. The highest BCUT2D eigenvalue weighted by atomic mass is 32.1. The van der Waals surface area contributed by atoms with E-state index in [1.54, 1.807) is 0 Å². The second-order valence-corrected chi connectivity index (χ2v) is 2.60. The van der Waals surface area contributed by atoms with E-state index < -0.39 is 0 Å². The van der Waals surface area contributed by atoms with Crippen LogP contribution in [0.5, 0.6) is 0 Å². The van der Waals surface area contributed by atoms with Gasteiger partial charge in [-0.15, -0.1) is 12.6 Å². The minimum Gasteiger partial charge on any atom is -0.143 e. The SMILES string of the molecule is SC1=Cc2ccccc21. The van der Waals surface area contributed by atoms with Crippen molar-refractivity contribution in [1.29, 1.82) is 0 Å². The third-order valence-electron chi connectivity index (χ3n) is 1.53. The smallest absolute Gasteiger partial charge is 0.0125 e. The maximum absolute atomic E-state index is 4.23. The number of benzene rings is 1. The third-order valence-corrected chi connectivity index (χ3v) is 1.90. The molecule has 0 heterocycles. The van der Waals surface area contributed by atoms with E-state index in [0.29, 0.717) is 0 Å². The van der Waals surface area contributed by atoms with Crippen molar-refractivity contribution in [3.63, 3.8) is 0 Å². The van der Waals surface area contributed by atoms with E-state index in [9.17, 15) is 0 Å². The maximum Gasteiger partial charge on any atom is 0.0125 e. The Morgan fingerprint density at radius 3 is 2.44 bits per heavy atom. The number of fused-ring (bicyclic) bond motifs is 1. The Kier molecular flexibility index (Phi) is 0.935. The fourth-order valence-electron chi connectivity index (χ4n) is 1.00. The standard InChI is InChI=1S/C8H6S/c9-8-5-6-3-1-2-4-7(6)8/h1-5,9H. The van der Waals surface area contributed by atoms with Crippen molar-refractivity contribution in [3.05, 3.63) is 35.4 Å². The highest BCUT2D eigenvalue weighted by Crippen LogP contribution is 2.33. The molecule has 0 unspecified atom stereocenters. The van der Waals surface area contributed by atoms with Crippen LogP contribution < -0.4 is 0 Å². The summed E-state index contributed by atoms with van der Waals surface area (Å²) in [6.07, 6.45) is 2.07. The van der Waals surface area contributed by atoms with E-state index in [2.05, 4.69) is 30.8 Å². The molecule has 0 nitrogen and oxygen atoms in total. The molecule has 0 aromatic heterocycles. The lowest BCUT2D eigenvalue weighted by Gasteiger charge is -2.13. The van der Waals surface area contributed by atoms with Gasteiger partial charge in [-0.05, 0) is 17.2 Å². The first-order valence-electron chi connectivity index (χ1n) is 2.88. The van der Waals surface area contributed by atoms with Gasteiger partial charge < -0.3 is 0 Å². The van der Waals surface area contributed by atoms with E-state index in [0.717, 1.165) is 4.91 Å². The van der Waals surface area contributed by atoms with Crippen molar-refractivity contribution in [2.45, 2.75) is 0 Å². The highest BCUT2D eigenvalue weighted by molar-refractivity contribution is 7.91. The molecule has 0 saturated carbocycles. The molecular formula is C8H6S. The van der Waals surface area contributed by atoms with Crippen molar-refractivity contribution in [3.8, 4) is 0 Å². The Bertz CT molecular complexity index is 274. The molecule has 0 atom stereocenters. The zero-order chi connectivity index (χ0) is 6.27. The largest absolute Gasteiger partial charge is 0.143 e. The predicted molar refractivity (Wildman–Crippen MR) is 43.3 cm³/mol. The van der Waals surface area contributed by atoms with E-state index in [1.807, 2.05) is 12.1 Å². The van der Waals surface area contributed by atoms with Gasteiger partial charge in [-0.2, -0.15) is 0 Å². The normalized spacial score (nSPS) is 13.7. The van der Waals surface area contributed by atoms with Gasteiger partial charge in [0.1, 0.15) is 0 Å². The lowest BCUT2D eigenvalue weighted by Crippen LogP contribution is -1.91. The minimum atomic E-state index is 1.10. The molecule has 0 N–H and O–H groups in total. The van der Waals surface area contributed by atoms with Gasteiger partial charge in [0.25, 0.3) is 0 Å². The topological polar surface area (TPSA) is 0 Å². The van der Waals surface area contributed by atoms with Crippen LogP contribution in [0.25, 0.3) is 11.0 Å². The lowest BCUT2D eigenvalue weighted by atomic mass is 9.98. The van der Waals surface area contributed by atoms with Crippen LogP contribution in [0.3, 0.4) is 0 Å². The van der Waals surface area contributed by atoms with Crippen molar-refractivity contribution in [1.82, 2.24) is 0 Å². The molecule has 0 bridgehead atoms. The van der Waals surface area contributed by atoms with Crippen LogP contribution in [0.4, 0.5) is 0 Å². The summed E-state index contributed by atoms with van der Waals surface area (Å²) in [6, 6.07) is 8.24. The van der Waals surface area contributed by atoms with E-state index in [1.165, 1.54) is 11.1 Å². The second kappa shape index (κ2) is 1.64. The molecule has 0 aliphatic heterocycles. The van der Waals surface area contributed by atoms with Gasteiger partial charge in [-0.25, -0.2) is 0 Å². The molecule has 0 amide bonds. The van der Waals surface area contributed by atoms with Gasteiger partial charge in [-0.3, -0.25) is 0 Å². The molecular weight excluding hydrogens is 128 g/mol. The number of hydrogen-bond donors (Lipinski definition) is 1. The number of hydrogen-bond acceptors (Lipinski definition) is 1. The average Bonchev–Trinajstić information content (AvgIpc) is 1.86. The second-order valence-electron chi connectivity index (χ2n) is 2.12. The molecule has 0 saturated heterocycles. The van der Waals surface area contributed by atoms with Crippen molar-refractivity contribution < 1.29 is 0 Å². The summed E-state index contributed by atoms with van der Waals surface area (Å²) >= 11 is 4.23. The molecule has 1 heteroatoms. The fourth-order valence-corrected chi connectivity index (χ4v) is 1.35. The van der Waals surface area contributed by atoms with Crippen molar-refractivity contribution in [2.24, 2.45) is 0 Å². The summed E-state index contributed by atoms with van der Waals surface area (Å²) in [6.45, 7) is 0. The van der Waals surface area contributed by atoms with Gasteiger partial charge in [0.2, 0.25) is 0 Å². The first-order valence-corrected chi connectivity index (χ1v) is 3.33. The summed E-state index contributed by atoms with van der Waals surface area (Å²) in [4.78, 5) is 1.10. The average molecular weight is 134 g/mol. The van der Waals surface area contributed by atoms with Crippen molar-refractivity contribution in [2.75, 3.05) is 0 Å². The summed E-state index contributed by atoms with van der Waals surface area (Å²) in [7, 11) is 0. The molecule has 0 radical (unpaired) electrons. The Balaban J connectivity index is 2.61. The quantitative estimate of drug-likeness (QED) is 0.517. The Labute approximate surface area is 59.6 Å². The third kappa shape index (κ3) is 0.615. The van der Waals surface area contributed by atoms with Crippen molar-refractivity contribution >= 4 is 23.6 Å². The van der Waals surface area contributed by atoms with Crippen LogP contribution in [-0.4, -0.2) is 0 Å². The summed E-state index contributed by atoms with van der Waals surface area (Å²) in [5.74, 6) is 0. The number of thiol groups is 1. The number of rotatable bonds is 0. The van der Waals surface area contributed by atoms with Gasteiger partial charge in [0.05, 0.1) is 0 Å². The summed E-state index contributed by atoms with van der Waals surface area (Å²) in [5.41, 5.74) is 2.59. The van der Waals surface area contributed by atoms with Gasteiger partial charge in [-0.1, -0.05) is 24.3 Å². The molecule has 1 aliphatic rings. The molecule has 0 spiro atoms. The Morgan fingerprint density at radius 1 is 1.11 bits per heavy atom. The van der Waals surface area contributed by atoms with Crippen LogP contribution in [0.1, 0.15) is 11.1 Å². The fraction of sp³-hybridized carbons (Fsp3) is 0. The van der Waals surface area contributed by atoms with Gasteiger partial charge in [0.15, 0.2) is 0 Å². The lowest BCUT2D eigenvalue weighted by molar-refractivity contribution is 1.57. The summed E-state index contributed by atoms with van der Waals surface area (Å²) in [5, 5.41) is 0. The zero-order valence-electron chi connectivity index (χ0n) is 4.83. The molecule has 44 valence electrons. The van der Waals surface area contributed by atoms with E-state index in [4.69, 9.17) is 0 Å². The van der Waals surface area contributed by atoms with Crippen LogP contribution in [0.15, 0.2) is 24.3 Å². The molecule has 0 fully saturated rings. The monoisotopic (exact) mass is 134 g/mol. The highest BCUT2D eigenvalue weighted by Gasteiger charge is 2.09. The van der Waals surface area contributed by atoms with Crippen LogP contribution >= 0.6 is 12.6 Å². The van der Waals surface area contributed by atoms with Crippen LogP contribution in [0, 0.1) is 0 Å². The zero-order valence-corrected chi connectivity index (χ0v) is 5.73.